The number of hydrogen-bond acceptors (Lipinski definition) is 5. The average Bonchev–Trinajstić information content (AvgIpc) is 3.59. The van der Waals surface area contributed by atoms with Gasteiger partial charge in [-0.1, -0.05) is 36.4 Å². The third-order valence-corrected chi connectivity index (χ3v) is 8.69. The zero-order chi connectivity index (χ0) is 27.0. The van der Waals surface area contributed by atoms with E-state index in [1.807, 2.05) is 12.1 Å². The zero-order valence-electron chi connectivity index (χ0n) is 23.5. The Bertz CT molecular complexity index is 1340. The number of rotatable bonds is 10. The van der Waals surface area contributed by atoms with Crippen molar-refractivity contribution in [2.24, 2.45) is 5.41 Å². The van der Waals surface area contributed by atoms with Crippen LogP contribution in [0.15, 0.2) is 48.5 Å². The number of aliphatic hydroxyl groups is 2. The molecule has 1 spiro atoms. The molecule has 0 heterocycles. The summed E-state index contributed by atoms with van der Waals surface area (Å²) in [5, 5.41) is 30.0. The summed E-state index contributed by atoms with van der Waals surface area (Å²) in [4.78, 5) is 11.4. The van der Waals surface area contributed by atoms with Crippen LogP contribution in [0, 0.1) is 26.2 Å². The molecule has 1 unspecified atom stereocenters. The Hall–Kier alpha value is -2.15. The first kappa shape index (κ1) is 29.8. The summed E-state index contributed by atoms with van der Waals surface area (Å²) in [5.74, 6) is -0.142. The van der Waals surface area contributed by atoms with Crippen molar-refractivity contribution < 1.29 is 54.4 Å². The van der Waals surface area contributed by atoms with Crippen LogP contribution in [-0.2, 0) is 24.1 Å². The predicted octanol–water partition coefficient (Wildman–Crippen LogP) is 1.36. The van der Waals surface area contributed by atoms with Crippen LogP contribution in [0.5, 0.6) is 5.75 Å². The van der Waals surface area contributed by atoms with Crippen LogP contribution in [0.25, 0.3) is 11.1 Å². The van der Waals surface area contributed by atoms with Crippen molar-refractivity contribution >= 4 is 5.97 Å². The molecular formula is C33H37NaO5. The van der Waals surface area contributed by atoms with Crippen molar-refractivity contribution in [1.82, 2.24) is 0 Å². The van der Waals surface area contributed by atoms with E-state index in [2.05, 4.69) is 57.2 Å². The molecule has 2 aliphatic rings. The van der Waals surface area contributed by atoms with Gasteiger partial charge in [-0.25, -0.2) is 0 Å². The number of hydrogen-bond donors (Lipinski definition) is 2. The van der Waals surface area contributed by atoms with Crippen molar-refractivity contribution in [1.29, 1.82) is 0 Å². The molecule has 2 aliphatic carbocycles. The third-order valence-electron chi connectivity index (χ3n) is 8.69. The number of ether oxygens (including phenoxy) is 1. The van der Waals surface area contributed by atoms with Crippen molar-refractivity contribution in [3.8, 4) is 16.9 Å². The van der Waals surface area contributed by atoms with Gasteiger partial charge in [-0.3, -0.25) is 0 Å². The maximum Gasteiger partial charge on any atom is 1.00 e. The van der Waals surface area contributed by atoms with Crippen LogP contribution in [0.1, 0.15) is 64.1 Å². The SMILES string of the molecule is Cc1cc(OC[C@@H](O)CO)cc(C)c1-c1cccc(CCc2ccc3c(c2)CC2(CC2)C3CC(=O)[O-])c1C.[Na+]. The molecule has 3 aromatic rings. The second-order valence-electron chi connectivity index (χ2n) is 11.4. The minimum absolute atomic E-state index is 0. The molecule has 0 amide bonds. The summed E-state index contributed by atoms with van der Waals surface area (Å²) in [6.07, 6.45) is 4.36. The zero-order valence-corrected chi connectivity index (χ0v) is 25.5. The van der Waals surface area contributed by atoms with Crippen LogP contribution in [-0.4, -0.2) is 35.5 Å². The topological polar surface area (TPSA) is 89.8 Å². The minimum Gasteiger partial charge on any atom is -0.550 e. The quantitative estimate of drug-likeness (QED) is 0.382. The number of carboxylic acid groups (broad SMARTS) is 1. The molecule has 1 fully saturated rings. The van der Waals surface area contributed by atoms with E-state index in [-0.39, 0.29) is 60.5 Å². The van der Waals surface area contributed by atoms with Gasteiger partial charge in [-0.2, -0.15) is 0 Å². The molecule has 0 bridgehead atoms. The fraction of sp³-hybridized carbons (Fsp3) is 0.424. The van der Waals surface area contributed by atoms with Crippen molar-refractivity contribution in [2.75, 3.05) is 13.2 Å². The molecule has 0 aliphatic heterocycles. The van der Waals surface area contributed by atoms with Gasteiger partial charge >= 0.3 is 29.6 Å². The molecule has 5 rings (SSSR count). The van der Waals surface area contributed by atoms with Crippen LogP contribution in [0.3, 0.4) is 0 Å². The van der Waals surface area contributed by atoms with E-state index in [0.717, 1.165) is 43.2 Å². The number of fused-ring (bicyclic) bond motifs is 1. The molecule has 3 aromatic carbocycles. The summed E-state index contributed by atoms with van der Waals surface area (Å²) in [6.45, 7) is 6.08. The molecule has 1 saturated carbocycles. The molecule has 0 saturated heterocycles. The van der Waals surface area contributed by atoms with E-state index in [0.29, 0.717) is 5.75 Å². The van der Waals surface area contributed by atoms with E-state index in [1.54, 1.807) is 0 Å². The fourth-order valence-corrected chi connectivity index (χ4v) is 6.50. The van der Waals surface area contributed by atoms with Gasteiger partial charge in [-0.15, -0.1) is 0 Å². The average molecular weight is 537 g/mol. The van der Waals surface area contributed by atoms with Crippen LogP contribution < -0.4 is 39.4 Å². The minimum atomic E-state index is -0.943. The summed E-state index contributed by atoms with van der Waals surface area (Å²) in [7, 11) is 0. The Labute approximate surface area is 253 Å². The van der Waals surface area contributed by atoms with Gasteiger partial charge in [0.1, 0.15) is 18.5 Å². The van der Waals surface area contributed by atoms with Gasteiger partial charge in [0.25, 0.3) is 0 Å². The van der Waals surface area contributed by atoms with E-state index >= 15 is 0 Å². The van der Waals surface area contributed by atoms with E-state index < -0.39 is 12.1 Å². The van der Waals surface area contributed by atoms with Crippen molar-refractivity contribution in [3.63, 3.8) is 0 Å². The third kappa shape index (κ3) is 6.28. The molecule has 2 N–H and O–H groups in total. The Morgan fingerprint density at radius 1 is 1.08 bits per heavy atom. The first-order valence-electron chi connectivity index (χ1n) is 13.6. The molecular weight excluding hydrogens is 499 g/mol. The molecule has 39 heavy (non-hydrogen) atoms. The maximum absolute atomic E-state index is 11.4. The van der Waals surface area contributed by atoms with Gasteiger partial charge in [0, 0.05) is 5.97 Å². The first-order chi connectivity index (χ1) is 18.2. The van der Waals surface area contributed by atoms with E-state index in [4.69, 9.17) is 9.84 Å². The van der Waals surface area contributed by atoms with Gasteiger partial charge < -0.3 is 24.9 Å². The number of carbonyl (C=O) groups excluding carboxylic acids is 1. The van der Waals surface area contributed by atoms with Gasteiger partial charge in [0.2, 0.25) is 0 Å². The Morgan fingerprint density at radius 3 is 2.44 bits per heavy atom. The van der Waals surface area contributed by atoms with Crippen molar-refractivity contribution in [2.45, 2.75) is 71.3 Å². The van der Waals surface area contributed by atoms with E-state index in [9.17, 15) is 15.0 Å². The smallest absolute Gasteiger partial charge is 0.550 e. The second kappa shape index (κ2) is 12.2. The van der Waals surface area contributed by atoms with Gasteiger partial charge in [0.05, 0.1) is 6.61 Å². The number of carbonyl (C=O) groups is 1. The molecule has 2 atom stereocenters. The van der Waals surface area contributed by atoms with Gasteiger partial charge in [0.15, 0.2) is 0 Å². The van der Waals surface area contributed by atoms with Crippen LogP contribution >= 0.6 is 0 Å². The number of benzene rings is 3. The summed E-state index contributed by atoms with van der Waals surface area (Å²) < 4.78 is 5.68. The Balaban J connectivity index is 0.00000353. The number of carboxylic acids is 1. The number of aliphatic carboxylic acids is 1. The van der Waals surface area contributed by atoms with Crippen LogP contribution in [0.2, 0.25) is 0 Å². The fourth-order valence-electron chi connectivity index (χ4n) is 6.50. The second-order valence-corrected chi connectivity index (χ2v) is 11.4. The predicted molar refractivity (Wildman–Crippen MR) is 146 cm³/mol. The normalized spacial score (nSPS) is 17.4. The largest absolute Gasteiger partial charge is 1.00 e. The van der Waals surface area contributed by atoms with Crippen molar-refractivity contribution in [3.05, 3.63) is 87.5 Å². The Kier molecular flexibility index (Phi) is 9.30. The Morgan fingerprint density at radius 2 is 1.79 bits per heavy atom. The molecule has 0 radical (unpaired) electrons. The van der Waals surface area contributed by atoms with Gasteiger partial charge in [-0.05, 0) is 133 Å². The molecule has 6 heteroatoms. The maximum atomic E-state index is 11.4. The molecule has 5 nitrogen and oxygen atoms in total. The summed E-state index contributed by atoms with van der Waals surface area (Å²) in [5.41, 5.74) is 11.2. The molecule has 0 aromatic heterocycles. The monoisotopic (exact) mass is 536 g/mol. The number of aryl methyl sites for hydroxylation is 4. The summed E-state index contributed by atoms with van der Waals surface area (Å²) in [6, 6.07) is 17.2. The summed E-state index contributed by atoms with van der Waals surface area (Å²) >= 11 is 0. The standard InChI is InChI=1S/C33H38O5.Na/c1-20-13-27(38-19-26(35)18-34)14-21(2)32(20)28-6-4-5-24(22(28)3)9-7-23-8-10-29-25(15-23)17-33(11-12-33)30(29)16-31(36)37;/h4-6,8,10,13-15,26,30,34-35H,7,9,11-12,16-19H2,1-3H3,(H,36,37);/q;+1/p-1/t26-,30?;/m0./s1. The van der Waals surface area contributed by atoms with E-state index in [1.165, 1.54) is 38.9 Å². The van der Waals surface area contributed by atoms with Crippen LogP contribution in [0.4, 0.5) is 0 Å². The number of aliphatic hydroxyl groups excluding tert-OH is 2. The first-order valence-corrected chi connectivity index (χ1v) is 13.6. The molecule has 200 valence electrons.